The van der Waals surface area contributed by atoms with Gasteiger partial charge in [-0.15, -0.1) is 0 Å². The largest absolute Gasteiger partial charge is 0.333 e. The summed E-state index contributed by atoms with van der Waals surface area (Å²) in [4.78, 5) is 6.81. The van der Waals surface area contributed by atoms with E-state index in [1.165, 1.54) is 5.56 Å². The lowest BCUT2D eigenvalue weighted by Crippen LogP contribution is -2.39. The Balaban J connectivity index is 1.82. The van der Waals surface area contributed by atoms with Gasteiger partial charge in [0.2, 0.25) is 0 Å². The van der Waals surface area contributed by atoms with Gasteiger partial charge in [0.05, 0.1) is 6.54 Å². The lowest BCUT2D eigenvalue weighted by atomic mass is 10.0. The molecule has 2 aromatic rings. The molecule has 0 spiro atoms. The van der Waals surface area contributed by atoms with Gasteiger partial charge in [-0.2, -0.15) is 0 Å². The first-order valence-electron chi connectivity index (χ1n) is 6.37. The van der Waals surface area contributed by atoms with Crippen LogP contribution in [0.2, 0.25) is 0 Å². The zero-order chi connectivity index (χ0) is 12.4. The van der Waals surface area contributed by atoms with Crippen molar-refractivity contribution < 1.29 is 0 Å². The third kappa shape index (κ3) is 2.05. The van der Waals surface area contributed by atoms with E-state index in [-0.39, 0.29) is 6.04 Å². The summed E-state index contributed by atoms with van der Waals surface area (Å²) < 4.78 is 2.22. The molecule has 1 aliphatic rings. The second-order valence-electron chi connectivity index (χ2n) is 4.67. The van der Waals surface area contributed by atoms with Gasteiger partial charge in [0.25, 0.3) is 0 Å². The third-order valence-corrected chi connectivity index (χ3v) is 3.62. The fourth-order valence-electron chi connectivity index (χ4n) is 2.63. The molecule has 0 bridgehead atoms. The Morgan fingerprint density at radius 2 is 2.06 bits per heavy atom. The summed E-state index contributed by atoms with van der Waals surface area (Å²) in [5.74, 6) is 1.13. The molecule has 4 nitrogen and oxygen atoms in total. The molecule has 2 heterocycles. The monoisotopic (exact) mass is 242 g/mol. The van der Waals surface area contributed by atoms with E-state index in [1.807, 2.05) is 18.5 Å². The molecule has 3 rings (SSSR count). The van der Waals surface area contributed by atoms with Gasteiger partial charge in [-0.3, -0.25) is 4.90 Å². The van der Waals surface area contributed by atoms with Crippen molar-refractivity contribution in [3.63, 3.8) is 0 Å². The number of benzene rings is 1. The molecule has 2 N–H and O–H groups in total. The molecule has 0 saturated heterocycles. The first-order valence-corrected chi connectivity index (χ1v) is 6.37. The van der Waals surface area contributed by atoms with E-state index >= 15 is 0 Å². The number of hydrogen-bond donors (Lipinski definition) is 1. The van der Waals surface area contributed by atoms with E-state index in [0.717, 1.165) is 25.5 Å². The van der Waals surface area contributed by atoms with E-state index < -0.39 is 0 Å². The number of nitrogens with zero attached hydrogens (tertiary/aromatic N) is 3. The molecule has 1 aliphatic heterocycles. The van der Waals surface area contributed by atoms with Crippen molar-refractivity contribution in [3.8, 4) is 0 Å². The molecule has 0 saturated carbocycles. The summed E-state index contributed by atoms with van der Waals surface area (Å²) in [5.41, 5.74) is 7.25. The summed E-state index contributed by atoms with van der Waals surface area (Å²) in [5, 5.41) is 0. The van der Waals surface area contributed by atoms with E-state index in [4.69, 9.17) is 5.73 Å². The summed E-state index contributed by atoms with van der Waals surface area (Å²) in [6, 6.07) is 10.8. The van der Waals surface area contributed by atoms with Crippen molar-refractivity contribution in [1.29, 1.82) is 0 Å². The zero-order valence-corrected chi connectivity index (χ0v) is 10.4. The molecule has 1 unspecified atom stereocenters. The van der Waals surface area contributed by atoms with Gasteiger partial charge in [0, 0.05) is 38.1 Å². The van der Waals surface area contributed by atoms with Crippen LogP contribution in [0.4, 0.5) is 0 Å². The van der Waals surface area contributed by atoms with Gasteiger partial charge in [0.15, 0.2) is 0 Å². The predicted molar refractivity (Wildman–Crippen MR) is 70.9 cm³/mol. The average Bonchev–Trinajstić information content (AvgIpc) is 2.88. The highest BCUT2D eigenvalue weighted by molar-refractivity contribution is 5.19. The van der Waals surface area contributed by atoms with Crippen molar-refractivity contribution in [2.45, 2.75) is 19.1 Å². The maximum absolute atomic E-state index is 5.96. The molecule has 94 valence electrons. The molecule has 0 aliphatic carbocycles. The van der Waals surface area contributed by atoms with Crippen LogP contribution in [-0.2, 0) is 13.1 Å². The Morgan fingerprint density at radius 1 is 1.22 bits per heavy atom. The van der Waals surface area contributed by atoms with Gasteiger partial charge in [-0.05, 0) is 5.56 Å². The fourth-order valence-corrected chi connectivity index (χ4v) is 2.63. The van der Waals surface area contributed by atoms with Gasteiger partial charge in [0.1, 0.15) is 5.82 Å². The summed E-state index contributed by atoms with van der Waals surface area (Å²) in [6.45, 7) is 3.55. The molecular formula is C14H18N4. The number of nitrogens with two attached hydrogens (primary N) is 1. The molecule has 0 fully saturated rings. The van der Waals surface area contributed by atoms with Crippen LogP contribution in [0.1, 0.15) is 17.4 Å². The first-order chi connectivity index (χ1) is 8.88. The van der Waals surface area contributed by atoms with E-state index in [9.17, 15) is 0 Å². The molecule has 1 aromatic heterocycles. The standard InChI is InChI=1S/C14H18N4/c15-10-13(12-4-2-1-3-5-12)18-9-8-17-7-6-16-14(17)11-18/h1-7,13H,8-11,15H2. The quantitative estimate of drug-likeness (QED) is 0.885. The Labute approximate surface area is 107 Å². The minimum absolute atomic E-state index is 0.289. The average molecular weight is 242 g/mol. The van der Waals surface area contributed by atoms with Gasteiger partial charge in [-0.1, -0.05) is 30.3 Å². The second kappa shape index (κ2) is 4.92. The van der Waals surface area contributed by atoms with Crippen LogP contribution in [0, 0.1) is 0 Å². The molecular weight excluding hydrogens is 224 g/mol. The molecule has 4 heteroatoms. The fraction of sp³-hybridized carbons (Fsp3) is 0.357. The van der Waals surface area contributed by atoms with Crippen LogP contribution >= 0.6 is 0 Å². The van der Waals surface area contributed by atoms with Crippen molar-refractivity contribution in [3.05, 3.63) is 54.1 Å². The molecule has 1 aromatic carbocycles. The second-order valence-corrected chi connectivity index (χ2v) is 4.67. The van der Waals surface area contributed by atoms with Crippen molar-refractivity contribution in [2.24, 2.45) is 5.73 Å². The molecule has 1 atom stereocenters. The van der Waals surface area contributed by atoms with Crippen LogP contribution in [0.5, 0.6) is 0 Å². The highest BCUT2D eigenvalue weighted by Crippen LogP contribution is 2.23. The minimum Gasteiger partial charge on any atom is -0.333 e. The number of fused-ring (bicyclic) bond motifs is 1. The van der Waals surface area contributed by atoms with E-state index in [1.54, 1.807) is 0 Å². The van der Waals surface area contributed by atoms with Gasteiger partial charge < -0.3 is 10.3 Å². The van der Waals surface area contributed by atoms with Crippen LogP contribution in [0.15, 0.2) is 42.7 Å². The maximum Gasteiger partial charge on any atom is 0.122 e. The van der Waals surface area contributed by atoms with Crippen LogP contribution in [0.3, 0.4) is 0 Å². The maximum atomic E-state index is 5.96. The summed E-state index contributed by atoms with van der Waals surface area (Å²) in [7, 11) is 0. The topological polar surface area (TPSA) is 47.1 Å². The van der Waals surface area contributed by atoms with E-state index in [0.29, 0.717) is 6.54 Å². The SMILES string of the molecule is NCC(c1ccccc1)N1CCn2ccnc2C1. The highest BCUT2D eigenvalue weighted by atomic mass is 15.3. The van der Waals surface area contributed by atoms with Crippen LogP contribution in [0.25, 0.3) is 0 Å². The zero-order valence-electron chi connectivity index (χ0n) is 10.4. The molecule has 18 heavy (non-hydrogen) atoms. The molecule has 0 amide bonds. The Bertz CT molecular complexity index is 506. The smallest absolute Gasteiger partial charge is 0.122 e. The first kappa shape index (κ1) is 11.4. The van der Waals surface area contributed by atoms with Crippen molar-refractivity contribution in [2.75, 3.05) is 13.1 Å². The number of aromatic nitrogens is 2. The third-order valence-electron chi connectivity index (χ3n) is 3.62. The van der Waals surface area contributed by atoms with Gasteiger partial charge in [-0.25, -0.2) is 4.98 Å². The Kier molecular flexibility index (Phi) is 3.13. The van der Waals surface area contributed by atoms with Gasteiger partial charge >= 0.3 is 0 Å². The number of hydrogen-bond acceptors (Lipinski definition) is 3. The lowest BCUT2D eigenvalue weighted by molar-refractivity contribution is 0.156. The number of imidazole rings is 1. The predicted octanol–water partition coefficient (Wildman–Crippen LogP) is 1.40. The normalized spacial score (nSPS) is 17.4. The van der Waals surface area contributed by atoms with E-state index in [2.05, 4.69) is 38.7 Å². The lowest BCUT2D eigenvalue weighted by Gasteiger charge is -2.34. The Morgan fingerprint density at radius 3 is 2.83 bits per heavy atom. The molecule has 0 radical (unpaired) electrons. The number of rotatable bonds is 3. The van der Waals surface area contributed by atoms with Crippen LogP contribution < -0.4 is 5.73 Å². The summed E-state index contributed by atoms with van der Waals surface area (Å²) in [6.07, 6.45) is 3.92. The van der Waals surface area contributed by atoms with Crippen LogP contribution in [-0.4, -0.2) is 27.5 Å². The summed E-state index contributed by atoms with van der Waals surface area (Å²) >= 11 is 0. The van der Waals surface area contributed by atoms with Crippen molar-refractivity contribution in [1.82, 2.24) is 14.5 Å². The minimum atomic E-state index is 0.289. The Hall–Kier alpha value is -1.65. The highest BCUT2D eigenvalue weighted by Gasteiger charge is 2.23. The van der Waals surface area contributed by atoms with Crippen molar-refractivity contribution >= 4 is 0 Å².